The Labute approximate surface area is 191 Å². The van der Waals surface area contributed by atoms with Crippen LogP contribution in [0.2, 0.25) is 0 Å². The maximum absolute atomic E-state index is 12.9. The van der Waals surface area contributed by atoms with E-state index in [2.05, 4.69) is 40.6 Å². The predicted molar refractivity (Wildman–Crippen MR) is 120 cm³/mol. The zero-order valence-electron chi connectivity index (χ0n) is 18.1. The van der Waals surface area contributed by atoms with Gasteiger partial charge in [0.25, 0.3) is 0 Å². The molecule has 0 saturated carbocycles. The molecule has 1 aromatic carbocycles. The van der Waals surface area contributed by atoms with Crippen molar-refractivity contribution in [3.63, 3.8) is 0 Å². The molecule has 11 nitrogen and oxygen atoms in total. The summed E-state index contributed by atoms with van der Waals surface area (Å²) in [7, 11) is 0. The van der Waals surface area contributed by atoms with Gasteiger partial charge in [-0.2, -0.15) is 10.1 Å². The van der Waals surface area contributed by atoms with Crippen molar-refractivity contribution < 1.29 is 13.7 Å². The first-order chi connectivity index (χ1) is 15.9. The van der Waals surface area contributed by atoms with E-state index in [1.807, 2.05) is 45.0 Å². The number of hydrogen-bond acceptors (Lipinski definition) is 10. The summed E-state index contributed by atoms with van der Waals surface area (Å²) in [5, 5.41) is 14.9. The molecule has 0 saturated heterocycles. The molecule has 0 aliphatic rings. The summed E-state index contributed by atoms with van der Waals surface area (Å²) >= 11 is 1.28. The molecule has 33 heavy (non-hydrogen) atoms. The van der Waals surface area contributed by atoms with Crippen molar-refractivity contribution in [2.24, 2.45) is 5.41 Å². The molecule has 0 aliphatic carbocycles. The summed E-state index contributed by atoms with van der Waals surface area (Å²) in [6, 6.07) is 7.14. The Morgan fingerprint density at radius 1 is 1.18 bits per heavy atom. The van der Waals surface area contributed by atoms with Gasteiger partial charge in [0, 0.05) is 5.39 Å². The van der Waals surface area contributed by atoms with Crippen molar-refractivity contribution in [2.45, 2.75) is 31.8 Å². The summed E-state index contributed by atoms with van der Waals surface area (Å²) in [5.74, 6) is 0.863. The van der Waals surface area contributed by atoms with Gasteiger partial charge in [0.1, 0.15) is 34.8 Å². The number of amides is 1. The topological polar surface area (TPSA) is 149 Å². The number of para-hydroxylation sites is 1. The third-order valence-electron chi connectivity index (χ3n) is 4.95. The van der Waals surface area contributed by atoms with Gasteiger partial charge in [0.2, 0.25) is 17.6 Å². The smallest absolute Gasteiger partial charge is 0.250 e. The molecular formula is C21H20N8O3S. The lowest BCUT2D eigenvalue weighted by Gasteiger charge is -2.28. The Balaban J connectivity index is 1.33. The van der Waals surface area contributed by atoms with Crippen LogP contribution in [-0.4, -0.2) is 46.9 Å². The number of carbonyl (C=O) groups excluding carboxylic acids is 1. The van der Waals surface area contributed by atoms with Gasteiger partial charge in [-0.1, -0.05) is 49.8 Å². The minimum atomic E-state index is -0.508. The molecule has 1 unspecified atom stereocenters. The van der Waals surface area contributed by atoms with Crippen LogP contribution in [0.3, 0.4) is 0 Å². The molecule has 4 aromatic heterocycles. The lowest BCUT2D eigenvalue weighted by atomic mass is 9.86. The number of carbonyl (C=O) groups is 1. The van der Waals surface area contributed by atoms with Crippen molar-refractivity contribution in [1.29, 1.82) is 0 Å². The maximum Gasteiger partial charge on any atom is 0.250 e. The van der Waals surface area contributed by atoms with E-state index in [1.54, 1.807) is 0 Å². The van der Waals surface area contributed by atoms with Gasteiger partial charge >= 0.3 is 0 Å². The molecule has 4 heterocycles. The number of aromatic nitrogens is 7. The average Bonchev–Trinajstić information content (AvgIpc) is 3.54. The van der Waals surface area contributed by atoms with Gasteiger partial charge in [0.05, 0.1) is 5.75 Å². The van der Waals surface area contributed by atoms with Crippen LogP contribution in [0.25, 0.3) is 33.7 Å². The highest BCUT2D eigenvalue weighted by Gasteiger charge is 2.33. The Morgan fingerprint density at radius 2 is 2.03 bits per heavy atom. The molecule has 1 atom stereocenters. The minimum absolute atomic E-state index is 0.124. The number of hydrogen-bond donors (Lipinski definition) is 2. The first kappa shape index (κ1) is 21.1. The summed E-state index contributed by atoms with van der Waals surface area (Å²) in [6.45, 7) is 5.93. The second-order valence-corrected chi connectivity index (χ2v) is 9.36. The first-order valence-corrected chi connectivity index (χ1v) is 11.1. The van der Waals surface area contributed by atoms with Gasteiger partial charge in [-0.05, 0) is 17.5 Å². The molecule has 168 valence electrons. The van der Waals surface area contributed by atoms with Crippen LogP contribution >= 0.6 is 11.8 Å². The largest absolute Gasteiger partial charge is 0.451 e. The van der Waals surface area contributed by atoms with Crippen molar-refractivity contribution in [3.8, 4) is 11.6 Å². The highest BCUT2D eigenvalue weighted by molar-refractivity contribution is 8.00. The molecule has 1 amide bonds. The van der Waals surface area contributed by atoms with Crippen LogP contribution in [-0.2, 0) is 4.79 Å². The number of benzene rings is 1. The molecule has 5 aromatic rings. The van der Waals surface area contributed by atoms with Crippen LogP contribution in [0.4, 0.5) is 0 Å². The Bertz CT molecular complexity index is 1420. The van der Waals surface area contributed by atoms with Gasteiger partial charge in [-0.25, -0.2) is 15.0 Å². The van der Waals surface area contributed by atoms with E-state index in [4.69, 9.17) is 8.94 Å². The molecule has 0 bridgehead atoms. The highest BCUT2D eigenvalue weighted by Crippen LogP contribution is 2.34. The number of nitrogens with one attached hydrogen (secondary N) is 2. The predicted octanol–water partition coefficient (Wildman–Crippen LogP) is 3.54. The lowest BCUT2D eigenvalue weighted by molar-refractivity contribution is -0.120. The number of thioether (sulfide) groups is 1. The number of H-pyrrole nitrogens is 1. The zero-order chi connectivity index (χ0) is 23.0. The quantitative estimate of drug-likeness (QED) is 0.282. The SMILES string of the molecule is CC(C)(C)C(NC(=O)CSc1ncnc2c1oc1ccccc12)c1nc(-c2ncn[nH]2)no1. The Hall–Kier alpha value is -3.80. The van der Waals surface area contributed by atoms with E-state index in [0.29, 0.717) is 16.4 Å². The van der Waals surface area contributed by atoms with E-state index in [-0.39, 0.29) is 28.8 Å². The van der Waals surface area contributed by atoms with Crippen LogP contribution in [0, 0.1) is 5.41 Å². The van der Waals surface area contributed by atoms with Crippen molar-refractivity contribution in [1.82, 2.24) is 40.6 Å². The summed E-state index contributed by atoms with van der Waals surface area (Å²) in [6.07, 6.45) is 2.84. The van der Waals surface area contributed by atoms with Gasteiger partial charge in [0.15, 0.2) is 11.4 Å². The molecule has 0 fully saturated rings. The number of aromatic amines is 1. The normalized spacial score (nSPS) is 12.9. The van der Waals surface area contributed by atoms with Crippen molar-refractivity contribution in [2.75, 3.05) is 5.75 Å². The van der Waals surface area contributed by atoms with Crippen LogP contribution < -0.4 is 5.32 Å². The van der Waals surface area contributed by atoms with E-state index < -0.39 is 6.04 Å². The first-order valence-electron chi connectivity index (χ1n) is 10.1. The standard InChI is InChI=1S/C21H20N8O3S/c1-21(2,3)16(19-27-18(29-32-19)17-23-10-25-28-17)26-13(30)8-33-20-15-14(22-9-24-20)11-6-4-5-7-12(11)31-15/h4-7,9-10,16H,8H2,1-3H3,(H,26,30)(H,23,25,28). The van der Waals surface area contributed by atoms with Crippen LogP contribution in [0.5, 0.6) is 0 Å². The zero-order valence-corrected chi connectivity index (χ0v) is 18.9. The molecule has 5 rings (SSSR count). The van der Waals surface area contributed by atoms with E-state index in [1.165, 1.54) is 24.4 Å². The monoisotopic (exact) mass is 464 g/mol. The molecule has 0 spiro atoms. The number of furan rings is 1. The lowest BCUT2D eigenvalue weighted by Crippen LogP contribution is -2.37. The van der Waals surface area contributed by atoms with E-state index in [9.17, 15) is 4.79 Å². The van der Waals surface area contributed by atoms with Gasteiger partial charge in [-0.15, -0.1) is 0 Å². The molecule has 2 N–H and O–H groups in total. The number of fused-ring (bicyclic) bond motifs is 3. The van der Waals surface area contributed by atoms with Crippen molar-refractivity contribution in [3.05, 3.63) is 42.8 Å². The second-order valence-electron chi connectivity index (χ2n) is 8.40. The Morgan fingerprint density at radius 3 is 2.82 bits per heavy atom. The fourth-order valence-corrected chi connectivity index (χ4v) is 4.09. The third-order valence-corrected chi connectivity index (χ3v) is 5.92. The molecule has 0 radical (unpaired) electrons. The summed E-state index contributed by atoms with van der Waals surface area (Å²) in [5.41, 5.74) is 1.64. The molecule has 12 heteroatoms. The Kier molecular flexibility index (Phi) is 5.29. The van der Waals surface area contributed by atoms with Crippen molar-refractivity contribution >= 4 is 39.7 Å². The van der Waals surface area contributed by atoms with Gasteiger partial charge in [-0.3, -0.25) is 9.89 Å². The molecule has 0 aliphatic heterocycles. The second kappa shape index (κ2) is 8.28. The van der Waals surface area contributed by atoms with Crippen LogP contribution in [0.15, 0.2) is 50.9 Å². The highest BCUT2D eigenvalue weighted by atomic mass is 32.2. The van der Waals surface area contributed by atoms with Crippen LogP contribution in [0.1, 0.15) is 32.7 Å². The number of nitrogens with zero attached hydrogens (tertiary/aromatic N) is 6. The maximum atomic E-state index is 12.9. The van der Waals surface area contributed by atoms with E-state index >= 15 is 0 Å². The third kappa shape index (κ3) is 4.16. The fourth-order valence-electron chi connectivity index (χ4n) is 3.35. The number of rotatable bonds is 6. The summed E-state index contributed by atoms with van der Waals surface area (Å²) < 4.78 is 11.4. The van der Waals surface area contributed by atoms with E-state index in [0.717, 1.165) is 16.5 Å². The average molecular weight is 465 g/mol. The molecular weight excluding hydrogens is 444 g/mol. The summed E-state index contributed by atoms with van der Waals surface area (Å²) in [4.78, 5) is 29.9. The fraction of sp³-hybridized carbons (Fsp3) is 0.286. The minimum Gasteiger partial charge on any atom is -0.451 e. The van der Waals surface area contributed by atoms with Gasteiger partial charge < -0.3 is 14.3 Å².